The van der Waals surface area contributed by atoms with Gasteiger partial charge in [-0.05, 0) is 54.2 Å². The predicted molar refractivity (Wildman–Crippen MR) is 133 cm³/mol. The molecule has 0 aliphatic rings. The molecule has 6 nitrogen and oxygen atoms in total. The van der Waals surface area contributed by atoms with E-state index in [4.69, 9.17) is 0 Å². The molecule has 0 heterocycles. The molecule has 3 aromatic rings. The lowest BCUT2D eigenvalue weighted by Crippen LogP contribution is -2.32. The zero-order valence-electron chi connectivity index (χ0n) is 19.6. The lowest BCUT2D eigenvalue weighted by atomic mass is 10.0. The number of rotatable bonds is 12. The zero-order valence-corrected chi connectivity index (χ0v) is 19.6. The first-order valence-electron chi connectivity index (χ1n) is 11.7. The summed E-state index contributed by atoms with van der Waals surface area (Å²) < 4.78 is 0. The molecule has 0 aliphatic heterocycles. The summed E-state index contributed by atoms with van der Waals surface area (Å²) >= 11 is 0. The molecule has 0 bridgehead atoms. The van der Waals surface area contributed by atoms with Crippen molar-refractivity contribution in [1.29, 1.82) is 0 Å². The maximum absolute atomic E-state index is 12.2. The van der Waals surface area contributed by atoms with Crippen LogP contribution in [0.5, 0.6) is 5.75 Å². The van der Waals surface area contributed by atoms with Crippen molar-refractivity contribution in [3.8, 4) is 5.75 Å². The normalized spacial score (nSPS) is 12.8. The molecule has 0 aliphatic carbocycles. The average Bonchev–Trinajstić information content (AvgIpc) is 2.84. The van der Waals surface area contributed by atoms with E-state index in [-0.39, 0.29) is 24.3 Å². The second-order valence-corrected chi connectivity index (χ2v) is 8.65. The predicted octanol–water partition coefficient (Wildman–Crippen LogP) is 3.04. The van der Waals surface area contributed by atoms with Gasteiger partial charge in [-0.3, -0.25) is 4.79 Å². The van der Waals surface area contributed by atoms with Gasteiger partial charge in [0.05, 0.1) is 19.1 Å². The van der Waals surface area contributed by atoms with Crippen molar-refractivity contribution in [1.82, 2.24) is 10.6 Å². The number of benzene rings is 3. The van der Waals surface area contributed by atoms with Crippen molar-refractivity contribution in [3.05, 3.63) is 101 Å². The average molecular weight is 463 g/mol. The Morgan fingerprint density at radius 3 is 2.35 bits per heavy atom. The second kappa shape index (κ2) is 12.9. The Balaban J connectivity index is 1.39. The molecule has 1 amide bonds. The topological polar surface area (TPSA) is 102 Å². The Hall–Kier alpha value is -3.19. The minimum atomic E-state index is -0.740. The van der Waals surface area contributed by atoms with Gasteiger partial charge in [0.1, 0.15) is 5.75 Å². The molecule has 34 heavy (non-hydrogen) atoms. The van der Waals surface area contributed by atoms with Crippen LogP contribution in [-0.2, 0) is 30.7 Å². The summed E-state index contributed by atoms with van der Waals surface area (Å²) in [6, 6.07) is 23.0. The third-order valence-electron chi connectivity index (χ3n) is 5.83. The Labute approximate surface area is 201 Å². The van der Waals surface area contributed by atoms with Crippen LogP contribution in [0.1, 0.15) is 40.8 Å². The van der Waals surface area contributed by atoms with Gasteiger partial charge >= 0.3 is 0 Å². The van der Waals surface area contributed by atoms with Crippen LogP contribution in [-0.4, -0.2) is 40.4 Å². The molecule has 5 N–H and O–H groups in total. The van der Waals surface area contributed by atoms with Crippen LogP contribution >= 0.6 is 0 Å². The summed E-state index contributed by atoms with van der Waals surface area (Å²) in [5.41, 5.74) is 4.38. The van der Waals surface area contributed by atoms with E-state index in [9.17, 15) is 20.1 Å². The minimum absolute atomic E-state index is 0.0197. The highest BCUT2D eigenvalue weighted by molar-refractivity contribution is 5.78. The SMILES string of the molecule is C[C@H](Cc1ccc(CC(=O)NCCc2ccccc2)cc1)NC[C@@H](O)c1ccc(O)c(CO)c1. The second-order valence-electron chi connectivity index (χ2n) is 8.65. The zero-order chi connectivity index (χ0) is 24.3. The molecule has 0 fully saturated rings. The van der Waals surface area contributed by atoms with Gasteiger partial charge in [0.2, 0.25) is 5.91 Å². The smallest absolute Gasteiger partial charge is 0.224 e. The Kier molecular flexibility index (Phi) is 9.64. The molecule has 3 rings (SSSR count). The van der Waals surface area contributed by atoms with E-state index in [1.165, 1.54) is 11.6 Å². The Bertz CT molecular complexity index is 1040. The number of nitrogens with one attached hydrogen (secondary N) is 2. The summed E-state index contributed by atoms with van der Waals surface area (Å²) in [6.07, 6.45) is 1.22. The van der Waals surface area contributed by atoms with E-state index in [2.05, 4.69) is 29.7 Å². The summed E-state index contributed by atoms with van der Waals surface area (Å²) in [7, 11) is 0. The van der Waals surface area contributed by atoms with Crippen LogP contribution in [0.15, 0.2) is 72.8 Å². The Morgan fingerprint density at radius 1 is 0.941 bits per heavy atom. The van der Waals surface area contributed by atoms with Crippen molar-refractivity contribution in [2.24, 2.45) is 0 Å². The molecular formula is C28H34N2O4. The van der Waals surface area contributed by atoms with Gasteiger partial charge in [-0.15, -0.1) is 0 Å². The summed E-state index contributed by atoms with van der Waals surface area (Å²) in [5.74, 6) is 0.0409. The van der Waals surface area contributed by atoms with E-state index < -0.39 is 6.10 Å². The van der Waals surface area contributed by atoms with Gasteiger partial charge in [0, 0.05) is 24.7 Å². The van der Waals surface area contributed by atoms with Gasteiger partial charge in [-0.25, -0.2) is 0 Å². The molecule has 0 radical (unpaired) electrons. The molecule has 2 atom stereocenters. The molecule has 3 aromatic carbocycles. The van der Waals surface area contributed by atoms with Gasteiger partial charge < -0.3 is 26.0 Å². The molecule has 0 saturated carbocycles. The first-order chi connectivity index (χ1) is 16.4. The van der Waals surface area contributed by atoms with Crippen LogP contribution in [0.2, 0.25) is 0 Å². The summed E-state index contributed by atoms with van der Waals surface area (Å²) in [6.45, 7) is 2.76. The lowest BCUT2D eigenvalue weighted by molar-refractivity contribution is -0.120. The van der Waals surface area contributed by atoms with Gasteiger partial charge in [0.15, 0.2) is 0 Å². The Morgan fingerprint density at radius 2 is 1.65 bits per heavy atom. The molecule has 0 spiro atoms. The number of aliphatic hydroxyl groups excluding tert-OH is 2. The van der Waals surface area contributed by atoms with E-state index >= 15 is 0 Å². The maximum atomic E-state index is 12.2. The fourth-order valence-electron chi connectivity index (χ4n) is 3.83. The van der Waals surface area contributed by atoms with Crippen molar-refractivity contribution >= 4 is 5.91 Å². The van der Waals surface area contributed by atoms with Crippen LogP contribution in [0.4, 0.5) is 0 Å². The number of carbonyl (C=O) groups excluding carboxylic acids is 1. The highest BCUT2D eigenvalue weighted by Gasteiger charge is 2.12. The maximum Gasteiger partial charge on any atom is 0.224 e. The van der Waals surface area contributed by atoms with Gasteiger partial charge in [-0.1, -0.05) is 60.7 Å². The first-order valence-corrected chi connectivity index (χ1v) is 11.7. The van der Waals surface area contributed by atoms with Crippen LogP contribution < -0.4 is 10.6 Å². The lowest BCUT2D eigenvalue weighted by Gasteiger charge is -2.18. The number of amides is 1. The van der Waals surface area contributed by atoms with Crippen LogP contribution in [0.3, 0.4) is 0 Å². The molecule has 180 valence electrons. The van der Waals surface area contributed by atoms with Gasteiger partial charge in [0.25, 0.3) is 0 Å². The number of aliphatic hydroxyl groups is 2. The molecule has 0 saturated heterocycles. The fraction of sp³-hybridized carbons (Fsp3) is 0.321. The van der Waals surface area contributed by atoms with Gasteiger partial charge in [-0.2, -0.15) is 0 Å². The number of carbonyl (C=O) groups is 1. The third-order valence-corrected chi connectivity index (χ3v) is 5.83. The summed E-state index contributed by atoms with van der Waals surface area (Å²) in [5, 5.41) is 35.7. The molecule has 6 heteroatoms. The van der Waals surface area contributed by atoms with E-state index in [1.54, 1.807) is 12.1 Å². The van der Waals surface area contributed by atoms with Crippen LogP contribution in [0.25, 0.3) is 0 Å². The fourth-order valence-corrected chi connectivity index (χ4v) is 3.83. The molecule has 0 unspecified atom stereocenters. The van der Waals surface area contributed by atoms with Crippen molar-refractivity contribution < 1.29 is 20.1 Å². The van der Waals surface area contributed by atoms with Crippen molar-refractivity contribution in [2.75, 3.05) is 13.1 Å². The van der Waals surface area contributed by atoms with E-state index in [1.807, 2.05) is 42.5 Å². The standard InChI is InChI=1S/C28H34N2O4/c1-20(30-18-27(33)24-11-12-26(32)25(17-24)19-31)15-22-7-9-23(10-8-22)16-28(34)29-14-13-21-5-3-2-4-6-21/h2-12,17,20,27,30-33H,13-16,18-19H2,1H3,(H,29,34)/t20-,27-/m1/s1. The van der Waals surface area contributed by atoms with E-state index in [0.29, 0.717) is 30.6 Å². The monoisotopic (exact) mass is 462 g/mol. The van der Waals surface area contributed by atoms with E-state index in [0.717, 1.165) is 24.0 Å². The number of phenols is 1. The van der Waals surface area contributed by atoms with Crippen molar-refractivity contribution in [2.45, 2.75) is 44.9 Å². The molecule has 0 aromatic heterocycles. The number of hydrogen-bond acceptors (Lipinski definition) is 5. The number of hydrogen-bond donors (Lipinski definition) is 5. The quantitative estimate of drug-likeness (QED) is 0.285. The largest absolute Gasteiger partial charge is 0.508 e. The minimum Gasteiger partial charge on any atom is -0.508 e. The van der Waals surface area contributed by atoms with Crippen LogP contribution in [0, 0.1) is 0 Å². The molecular weight excluding hydrogens is 428 g/mol. The highest BCUT2D eigenvalue weighted by Crippen LogP contribution is 2.22. The first kappa shape index (κ1) is 25.4. The summed E-state index contributed by atoms with van der Waals surface area (Å²) in [4.78, 5) is 12.2. The highest BCUT2D eigenvalue weighted by atomic mass is 16.3. The third kappa shape index (κ3) is 7.99. The number of aromatic hydroxyl groups is 1. The van der Waals surface area contributed by atoms with Crippen molar-refractivity contribution in [3.63, 3.8) is 0 Å².